The summed E-state index contributed by atoms with van der Waals surface area (Å²) in [5.74, 6) is 3.03. The van der Waals surface area contributed by atoms with Gasteiger partial charge in [0.15, 0.2) is 0 Å². The zero-order valence-corrected chi connectivity index (χ0v) is 68.0. The van der Waals surface area contributed by atoms with E-state index in [-0.39, 0.29) is 101 Å². The van der Waals surface area contributed by atoms with Crippen LogP contribution in [0.15, 0.2) is 140 Å². The molecule has 515 valence electrons. The van der Waals surface area contributed by atoms with Gasteiger partial charge < -0.3 is 24.2 Å². The molecule has 0 N–H and O–H groups in total. The second kappa shape index (κ2) is 42.7. The number of pyridine rings is 2. The van der Waals surface area contributed by atoms with E-state index in [9.17, 15) is 8.78 Å². The van der Waals surface area contributed by atoms with Crippen LogP contribution in [0.25, 0.3) is 67.3 Å². The summed E-state index contributed by atoms with van der Waals surface area (Å²) in [6.07, 6.45) is 16.0. The summed E-state index contributed by atoms with van der Waals surface area (Å²) in [5.41, 5.74) is 16.1. The number of nitrogens with zero attached hydrogens (tertiary/aromatic N) is 10. The van der Waals surface area contributed by atoms with Crippen molar-refractivity contribution in [3.63, 3.8) is 0 Å². The number of rotatable bonds is 15. The molecule has 0 saturated carbocycles. The van der Waals surface area contributed by atoms with Crippen LogP contribution in [0, 0.1) is 42.0 Å². The SMILES string of the molecule is CCc1[c-]c(-c2nc(CC)c3c4c2CCCN4CCC3)c(F)cc1F.CCc1[c-]c(-c2nccc(CC)n2)ccc1.CCc1[c-]c(-c2ncnc(CC)n2)ccc1.[B]Oc1[c-]c(-c2ccnc(CC)n2)ccc1.[B]Oc1[c-]c(-c2nc(CC)cc3ccccc23)ccc1.[Ir].[Ir].[Ir].[Ir].[Ir]. The van der Waals surface area contributed by atoms with Gasteiger partial charge in [-0.15, -0.1) is 124 Å². The van der Waals surface area contributed by atoms with Gasteiger partial charge >= 0.3 is 16.1 Å². The number of hydrogen-bond acceptors (Lipinski definition) is 12. The third-order valence-electron chi connectivity index (χ3n) is 15.9. The Hall–Kier alpha value is -6.31. The maximum atomic E-state index is 14.6. The Balaban J connectivity index is 0.000000260. The molecule has 0 saturated heterocycles. The first-order valence-corrected chi connectivity index (χ1v) is 32.2. The maximum Gasteiger partial charge on any atom is 0.371 e. The molecule has 13 rings (SSSR count). The molecule has 0 unspecified atom stereocenters. The van der Waals surface area contributed by atoms with Crippen molar-refractivity contribution in [2.24, 2.45) is 0 Å². The van der Waals surface area contributed by atoms with Crippen LogP contribution in [0.3, 0.4) is 0 Å². The van der Waals surface area contributed by atoms with Gasteiger partial charge in [-0.1, -0.05) is 115 Å². The molecule has 21 heteroatoms. The molecule has 0 spiro atoms. The van der Waals surface area contributed by atoms with Gasteiger partial charge in [0.2, 0.25) is 0 Å². The van der Waals surface area contributed by atoms with Crippen LogP contribution in [0.2, 0.25) is 0 Å². The molecule has 11 aromatic rings. The van der Waals surface area contributed by atoms with E-state index in [0.29, 0.717) is 40.6 Å². The van der Waals surface area contributed by atoms with Gasteiger partial charge in [-0.3, -0.25) is 33.7 Å². The fraction of sp³-hybridized carbons (Fsp3) is 0.286. The van der Waals surface area contributed by atoms with E-state index in [1.807, 2.05) is 99.8 Å². The number of anilines is 1. The third kappa shape index (κ3) is 22.1. The predicted molar refractivity (Wildman–Crippen MR) is 368 cm³/mol. The number of hydrogen-bond donors (Lipinski definition) is 0. The van der Waals surface area contributed by atoms with Gasteiger partial charge in [-0.05, 0) is 115 Å². The van der Waals surface area contributed by atoms with E-state index in [1.54, 1.807) is 24.7 Å². The van der Waals surface area contributed by atoms with Crippen LogP contribution >= 0.6 is 0 Å². The number of fused-ring (bicyclic) bond motifs is 1. The van der Waals surface area contributed by atoms with E-state index < -0.39 is 11.6 Å². The first-order chi connectivity index (χ1) is 45.4. The first-order valence-electron chi connectivity index (χ1n) is 32.2. The second-order valence-corrected chi connectivity index (χ2v) is 22.0. The third-order valence-corrected chi connectivity index (χ3v) is 15.9. The number of halogens is 2. The maximum absolute atomic E-state index is 14.6. The van der Waals surface area contributed by atoms with Gasteiger partial charge in [0.1, 0.15) is 18.0 Å². The van der Waals surface area contributed by atoms with E-state index in [2.05, 4.69) is 140 Å². The van der Waals surface area contributed by atoms with E-state index >= 15 is 0 Å². The molecular formula is C77H75B2F2Ir5N10O2-5. The smallest absolute Gasteiger partial charge is 0.371 e. The van der Waals surface area contributed by atoms with Crippen molar-refractivity contribution in [3.05, 3.63) is 239 Å². The molecule has 2 aliphatic heterocycles. The quantitative estimate of drug-likeness (QED) is 0.0713. The van der Waals surface area contributed by atoms with Gasteiger partial charge in [-0.2, -0.15) is 0 Å². The largest absolute Gasteiger partial charge is 0.581 e. The van der Waals surface area contributed by atoms with Crippen LogP contribution in [-0.4, -0.2) is 74.0 Å². The molecule has 6 aromatic carbocycles. The minimum Gasteiger partial charge on any atom is -0.581 e. The molecule has 9 radical (unpaired) electrons. The molecule has 0 fully saturated rings. The van der Waals surface area contributed by atoms with Crippen LogP contribution in [0.4, 0.5) is 14.5 Å². The van der Waals surface area contributed by atoms with Crippen molar-refractivity contribution in [2.45, 2.75) is 132 Å². The Morgan fingerprint density at radius 3 is 1.65 bits per heavy atom. The minimum absolute atomic E-state index is 0. The van der Waals surface area contributed by atoms with Crippen molar-refractivity contribution in [3.8, 4) is 68.0 Å². The Labute approximate surface area is 647 Å². The molecule has 0 atom stereocenters. The minimum atomic E-state index is -0.562. The molecule has 0 bridgehead atoms. The Morgan fingerprint density at radius 2 is 1.04 bits per heavy atom. The standard InChI is InChI=1S/C21H23F2N2.C17H13BNO.C14H15N2.C13H14N3.C12H10BN2O.5Ir/c1-3-13-11-16(18(23)12-17(13)22)20-15-8-6-10-25-9-5-7-14(21(15)25)19(4-2)24-20;1-2-14-10-12-6-3-4-9-16(12)17(19-14)13-7-5-8-15(11-13)20-18;1-3-11-6-5-7-12(10-11)14-15-9-8-13(4-2)16-14;1-3-10-6-5-7-11(8-10)13-15-9-14-12(4-2)16-13;1-2-12-14-7-6-11(15-12)9-4-3-5-10(8-9)16-13;;;;;/h12H,3-10H2,1-2H3;3-10H,2H2,1H3;5-9H,3-4H2,1-2H3;5-7,9H,3-4H2,1-2H3;3-7H,2H2,1H3;;;;;/q5*-1;;;;;. The summed E-state index contributed by atoms with van der Waals surface area (Å²) in [6, 6.07) is 54.2. The molecule has 0 amide bonds. The van der Waals surface area contributed by atoms with Crippen molar-refractivity contribution in [1.29, 1.82) is 0 Å². The molecule has 0 aliphatic carbocycles. The molecule has 98 heavy (non-hydrogen) atoms. The summed E-state index contributed by atoms with van der Waals surface area (Å²) in [6.45, 7) is 18.6. The van der Waals surface area contributed by atoms with Gasteiger partial charge in [0.05, 0.1) is 11.6 Å². The van der Waals surface area contributed by atoms with E-state index in [0.717, 1.165) is 169 Å². The van der Waals surface area contributed by atoms with Crippen molar-refractivity contribution in [1.82, 2.24) is 44.9 Å². The van der Waals surface area contributed by atoms with Crippen LogP contribution in [0.5, 0.6) is 11.5 Å². The number of benzene rings is 6. The Kier molecular flexibility index (Phi) is 36.7. The summed E-state index contributed by atoms with van der Waals surface area (Å²) in [5, 5.41) is 2.29. The summed E-state index contributed by atoms with van der Waals surface area (Å²) in [7, 11) is 10.3. The summed E-state index contributed by atoms with van der Waals surface area (Å²) >= 11 is 0. The molecule has 7 heterocycles. The predicted octanol–water partition coefficient (Wildman–Crippen LogP) is 15.9. The zero-order chi connectivity index (χ0) is 65.6. The van der Waals surface area contributed by atoms with Crippen molar-refractivity contribution >= 4 is 32.6 Å². The average molecular weight is 2190 g/mol. The topological polar surface area (TPSA) is 138 Å². The number of aryl methyl sites for hydroxylation is 8. The van der Waals surface area contributed by atoms with Crippen molar-refractivity contribution < 1.29 is 119 Å². The fourth-order valence-corrected chi connectivity index (χ4v) is 11.0. The van der Waals surface area contributed by atoms with Crippen LogP contribution < -0.4 is 14.2 Å². The van der Waals surface area contributed by atoms with Crippen LogP contribution in [0.1, 0.15) is 125 Å². The molecule has 2 aliphatic rings. The molecule has 12 nitrogen and oxygen atoms in total. The molecule has 5 aromatic heterocycles. The monoisotopic (exact) mass is 2200 g/mol. The number of aromatic nitrogens is 9. The molecular weight excluding hydrogens is 2120 g/mol. The van der Waals surface area contributed by atoms with Gasteiger partial charge in [0, 0.05) is 185 Å². The van der Waals surface area contributed by atoms with Gasteiger partial charge in [0.25, 0.3) is 0 Å². The van der Waals surface area contributed by atoms with Crippen LogP contribution in [-0.2, 0) is 165 Å². The fourth-order valence-electron chi connectivity index (χ4n) is 11.0. The Bertz CT molecular complexity index is 3960. The zero-order valence-electron chi connectivity index (χ0n) is 56.0. The second-order valence-electron chi connectivity index (χ2n) is 22.0. The average Bonchev–Trinajstić information content (AvgIpc) is 0.748. The Morgan fingerprint density at radius 1 is 0.459 bits per heavy atom. The van der Waals surface area contributed by atoms with E-state index in [1.165, 1.54) is 27.8 Å². The first kappa shape index (κ1) is 84.1. The summed E-state index contributed by atoms with van der Waals surface area (Å²) in [4.78, 5) is 42.0. The van der Waals surface area contributed by atoms with E-state index in [4.69, 9.17) is 30.7 Å². The normalized spacial score (nSPS) is 11.3. The summed E-state index contributed by atoms with van der Waals surface area (Å²) < 4.78 is 37.9. The van der Waals surface area contributed by atoms with Gasteiger partial charge in [-0.25, -0.2) is 9.97 Å². The van der Waals surface area contributed by atoms with Crippen molar-refractivity contribution in [2.75, 3.05) is 18.0 Å².